The van der Waals surface area contributed by atoms with Crippen molar-refractivity contribution in [1.82, 2.24) is 4.90 Å². The van der Waals surface area contributed by atoms with E-state index in [-0.39, 0.29) is 0 Å². The van der Waals surface area contributed by atoms with Gasteiger partial charge in [-0.05, 0) is 48.7 Å². The Morgan fingerprint density at radius 3 is 2.89 bits per heavy atom. The lowest BCUT2D eigenvalue weighted by Gasteiger charge is -2.17. The van der Waals surface area contributed by atoms with Crippen molar-refractivity contribution in [2.24, 2.45) is 0 Å². The third-order valence-corrected chi connectivity index (χ3v) is 4.13. The highest BCUT2D eigenvalue weighted by atomic mass is 35.5. The largest absolute Gasteiger partial charge is 0.399 e. The Labute approximate surface area is 117 Å². The predicted molar refractivity (Wildman–Crippen MR) is 80.2 cm³/mol. The third kappa shape index (κ3) is 3.73. The minimum atomic E-state index is 0.765. The van der Waals surface area contributed by atoms with Gasteiger partial charge < -0.3 is 10.6 Å². The van der Waals surface area contributed by atoms with Gasteiger partial charge in [-0.1, -0.05) is 17.7 Å². The molecule has 0 unspecified atom stereocenters. The molecule has 2 N–H and O–H groups in total. The molecule has 0 fully saturated rings. The number of likely N-dealkylation sites (N-methyl/N-ethyl adjacent to an activating group) is 1. The zero-order chi connectivity index (χ0) is 13.0. The molecule has 18 heavy (non-hydrogen) atoms. The first-order valence-corrected chi connectivity index (χ1v) is 7.16. The number of nitrogen functional groups attached to an aromatic ring is 1. The van der Waals surface area contributed by atoms with Gasteiger partial charge in [0.15, 0.2) is 0 Å². The Hall–Kier alpha value is -1.03. The highest BCUT2D eigenvalue weighted by Gasteiger charge is 2.05. The van der Waals surface area contributed by atoms with Gasteiger partial charge in [0.1, 0.15) is 0 Å². The molecule has 2 aromatic rings. The van der Waals surface area contributed by atoms with Crippen LogP contribution in [0.15, 0.2) is 35.7 Å². The fourth-order valence-electron chi connectivity index (χ4n) is 1.84. The summed E-state index contributed by atoms with van der Waals surface area (Å²) in [6.45, 7) is 1.85. The number of hydrogen-bond donors (Lipinski definition) is 1. The van der Waals surface area contributed by atoms with Gasteiger partial charge >= 0.3 is 0 Å². The number of nitrogens with two attached hydrogens (primary N) is 1. The van der Waals surface area contributed by atoms with E-state index >= 15 is 0 Å². The zero-order valence-corrected chi connectivity index (χ0v) is 12.0. The van der Waals surface area contributed by atoms with E-state index in [2.05, 4.69) is 29.5 Å². The molecule has 4 heteroatoms. The van der Waals surface area contributed by atoms with Gasteiger partial charge in [-0.15, -0.1) is 11.3 Å². The van der Waals surface area contributed by atoms with Crippen LogP contribution < -0.4 is 5.73 Å². The summed E-state index contributed by atoms with van der Waals surface area (Å²) in [6, 6.07) is 9.90. The van der Waals surface area contributed by atoms with E-state index in [4.69, 9.17) is 17.3 Å². The van der Waals surface area contributed by atoms with Crippen LogP contribution in [0.1, 0.15) is 10.4 Å². The van der Waals surface area contributed by atoms with Crippen LogP contribution in [0.3, 0.4) is 0 Å². The normalized spacial score (nSPS) is 11.1. The summed E-state index contributed by atoms with van der Waals surface area (Å²) < 4.78 is 0. The minimum absolute atomic E-state index is 0.765. The van der Waals surface area contributed by atoms with Crippen LogP contribution in [0.4, 0.5) is 5.69 Å². The van der Waals surface area contributed by atoms with Crippen molar-refractivity contribution in [3.63, 3.8) is 0 Å². The maximum atomic E-state index is 6.16. The van der Waals surface area contributed by atoms with Crippen molar-refractivity contribution in [1.29, 1.82) is 0 Å². The molecule has 0 saturated heterocycles. The van der Waals surface area contributed by atoms with Crippen LogP contribution in [0, 0.1) is 0 Å². The second-order valence-corrected chi connectivity index (χ2v) is 5.86. The molecular formula is C14H17ClN2S. The molecule has 96 valence electrons. The van der Waals surface area contributed by atoms with Gasteiger partial charge in [0.2, 0.25) is 0 Å². The van der Waals surface area contributed by atoms with E-state index < -0.39 is 0 Å². The van der Waals surface area contributed by atoms with Crippen LogP contribution in [0.25, 0.3) is 0 Å². The first kappa shape index (κ1) is 13.4. The number of nitrogens with zero attached hydrogens (tertiary/aromatic N) is 1. The van der Waals surface area contributed by atoms with Gasteiger partial charge in [-0.3, -0.25) is 0 Å². The van der Waals surface area contributed by atoms with E-state index in [0.29, 0.717) is 0 Å². The van der Waals surface area contributed by atoms with Crippen LogP contribution in [0.5, 0.6) is 0 Å². The molecule has 1 aromatic carbocycles. The fourth-order valence-corrected chi connectivity index (χ4v) is 2.72. The molecule has 0 radical (unpaired) electrons. The minimum Gasteiger partial charge on any atom is -0.399 e. The standard InChI is InChI=1S/C14H17ClN2S/c1-17(7-6-13-3-2-8-18-13)10-11-9-12(16)4-5-14(11)15/h2-5,8-9H,6-7,10,16H2,1H3. The molecule has 1 aromatic heterocycles. The highest BCUT2D eigenvalue weighted by Crippen LogP contribution is 2.20. The molecule has 1 heterocycles. The number of benzene rings is 1. The van der Waals surface area contributed by atoms with E-state index in [1.54, 1.807) is 11.3 Å². The van der Waals surface area contributed by atoms with E-state index in [0.717, 1.165) is 35.8 Å². The van der Waals surface area contributed by atoms with E-state index in [1.807, 2.05) is 18.2 Å². The van der Waals surface area contributed by atoms with E-state index in [9.17, 15) is 0 Å². The van der Waals surface area contributed by atoms with E-state index in [1.165, 1.54) is 4.88 Å². The maximum Gasteiger partial charge on any atom is 0.0452 e. The van der Waals surface area contributed by atoms with Crippen LogP contribution >= 0.6 is 22.9 Å². The molecule has 0 aliphatic carbocycles. The monoisotopic (exact) mass is 280 g/mol. The summed E-state index contributed by atoms with van der Waals surface area (Å²) in [5, 5.41) is 2.90. The Morgan fingerprint density at radius 2 is 2.17 bits per heavy atom. The SMILES string of the molecule is CN(CCc1cccs1)Cc1cc(N)ccc1Cl. The quantitative estimate of drug-likeness (QED) is 0.847. The smallest absolute Gasteiger partial charge is 0.0452 e. The Bertz CT molecular complexity index is 497. The van der Waals surface area contributed by atoms with Gasteiger partial charge in [0.25, 0.3) is 0 Å². The number of thiophene rings is 1. The molecule has 0 bridgehead atoms. The topological polar surface area (TPSA) is 29.3 Å². The first-order valence-electron chi connectivity index (χ1n) is 5.90. The summed E-state index contributed by atoms with van der Waals surface area (Å²) >= 11 is 7.96. The third-order valence-electron chi connectivity index (χ3n) is 2.83. The van der Waals surface area contributed by atoms with Crippen molar-refractivity contribution in [3.8, 4) is 0 Å². The van der Waals surface area contributed by atoms with Gasteiger partial charge in [-0.2, -0.15) is 0 Å². The summed E-state index contributed by atoms with van der Waals surface area (Å²) in [4.78, 5) is 3.68. The number of halogens is 1. The van der Waals surface area contributed by atoms with Crippen LogP contribution in [-0.2, 0) is 13.0 Å². The van der Waals surface area contributed by atoms with Crippen molar-refractivity contribution in [2.45, 2.75) is 13.0 Å². The molecule has 2 nitrogen and oxygen atoms in total. The molecule has 0 spiro atoms. The van der Waals surface area contributed by atoms with Crippen molar-refractivity contribution < 1.29 is 0 Å². The maximum absolute atomic E-state index is 6.16. The summed E-state index contributed by atoms with van der Waals surface area (Å²) in [5.41, 5.74) is 7.63. The zero-order valence-electron chi connectivity index (χ0n) is 10.4. The molecule has 2 rings (SSSR count). The average Bonchev–Trinajstić information content (AvgIpc) is 2.84. The summed E-state index contributed by atoms with van der Waals surface area (Å²) in [6.07, 6.45) is 1.08. The second-order valence-electron chi connectivity index (χ2n) is 4.42. The van der Waals surface area contributed by atoms with Crippen molar-refractivity contribution >= 4 is 28.6 Å². The van der Waals surface area contributed by atoms with Crippen molar-refractivity contribution in [2.75, 3.05) is 19.3 Å². The van der Waals surface area contributed by atoms with Crippen LogP contribution in [0.2, 0.25) is 5.02 Å². The van der Waals surface area contributed by atoms with Crippen molar-refractivity contribution in [3.05, 3.63) is 51.2 Å². The summed E-state index contributed by atoms with van der Waals surface area (Å²) in [7, 11) is 2.10. The Kier molecular flexibility index (Phi) is 4.64. The lowest BCUT2D eigenvalue weighted by molar-refractivity contribution is 0.332. The lowest BCUT2D eigenvalue weighted by atomic mass is 10.2. The number of rotatable bonds is 5. The average molecular weight is 281 g/mol. The number of hydrogen-bond acceptors (Lipinski definition) is 3. The fraction of sp³-hybridized carbons (Fsp3) is 0.286. The molecule has 0 saturated carbocycles. The first-order chi connectivity index (χ1) is 8.65. The van der Waals surface area contributed by atoms with Gasteiger partial charge in [0.05, 0.1) is 0 Å². The number of anilines is 1. The molecular weight excluding hydrogens is 264 g/mol. The molecule has 0 atom stereocenters. The lowest BCUT2D eigenvalue weighted by Crippen LogP contribution is -2.20. The Morgan fingerprint density at radius 1 is 1.33 bits per heavy atom. The highest BCUT2D eigenvalue weighted by molar-refractivity contribution is 7.09. The second kappa shape index (κ2) is 6.23. The van der Waals surface area contributed by atoms with Gasteiger partial charge in [-0.25, -0.2) is 0 Å². The molecule has 0 aliphatic rings. The molecule has 0 aliphatic heterocycles. The molecule has 0 amide bonds. The Balaban J connectivity index is 1.90. The van der Waals surface area contributed by atoms with Crippen LogP contribution in [-0.4, -0.2) is 18.5 Å². The predicted octanol–water partition coefficient (Wildman–Crippen LogP) is 3.66. The summed E-state index contributed by atoms with van der Waals surface area (Å²) in [5.74, 6) is 0. The van der Waals surface area contributed by atoms with Gasteiger partial charge in [0, 0.05) is 28.7 Å².